The number of nitriles is 1. The SMILES string of the molecule is [2H]C([2H])(NC(=O)Cc1c(C#N)cc(F)c(NCC(F)(F)c2ccccn2)[n+]1[O-])c1ncccc1F. The van der Waals surface area contributed by atoms with Crippen molar-refractivity contribution >= 4 is 11.7 Å². The lowest BCUT2D eigenvalue weighted by Crippen LogP contribution is -2.42. The predicted molar refractivity (Wildman–Crippen MR) is 106 cm³/mol. The minimum atomic E-state index is -3.60. The van der Waals surface area contributed by atoms with Gasteiger partial charge >= 0.3 is 11.7 Å². The highest BCUT2D eigenvalue weighted by Crippen LogP contribution is 2.26. The van der Waals surface area contributed by atoms with E-state index in [2.05, 4.69) is 9.97 Å². The summed E-state index contributed by atoms with van der Waals surface area (Å²) < 4.78 is 72.6. The Hall–Kier alpha value is -4.27. The van der Waals surface area contributed by atoms with Crippen LogP contribution >= 0.6 is 0 Å². The van der Waals surface area contributed by atoms with Gasteiger partial charge in [-0.3, -0.25) is 20.1 Å². The molecule has 3 rings (SSSR count). The molecule has 33 heavy (non-hydrogen) atoms. The molecule has 0 aliphatic heterocycles. The van der Waals surface area contributed by atoms with E-state index in [0.717, 1.165) is 24.5 Å². The topological polar surface area (TPSA) is 118 Å². The Balaban J connectivity index is 1.85. The molecule has 3 aromatic rings. The molecule has 2 N–H and O–H groups in total. The van der Waals surface area contributed by atoms with Gasteiger partial charge in [0.1, 0.15) is 23.3 Å². The van der Waals surface area contributed by atoms with Gasteiger partial charge in [-0.05, 0) is 24.3 Å². The molecule has 0 saturated heterocycles. The molecule has 12 heteroatoms. The van der Waals surface area contributed by atoms with Crippen LogP contribution in [0.15, 0.2) is 48.8 Å². The first kappa shape index (κ1) is 20.6. The lowest BCUT2D eigenvalue weighted by molar-refractivity contribution is -0.600. The third-order valence-corrected chi connectivity index (χ3v) is 4.30. The van der Waals surface area contributed by atoms with Crippen LogP contribution in [0.2, 0.25) is 0 Å². The maximum atomic E-state index is 14.4. The third-order valence-electron chi connectivity index (χ3n) is 4.30. The monoisotopic (exact) mass is 462 g/mol. The van der Waals surface area contributed by atoms with Gasteiger partial charge in [0.15, 0.2) is 6.54 Å². The van der Waals surface area contributed by atoms with E-state index in [0.29, 0.717) is 6.07 Å². The number of hydrogen-bond acceptors (Lipinski definition) is 6. The number of nitrogens with one attached hydrogen (secondary N) is 2. The number of nitrogens with zero attached hydrogens (tertiary/aromatic N) is 4. The zero-order valence-electron chi connectivity index (χ0n) is 18.7. The first-order valence-electron chi connectivity index (χ1n) is 10.3. The number of carbonyl (C=O) groups is 1. The van der Waals surface area contributed by atoms with Gasteiger partial charge in [-0.1, -0.05) is 6.07 Å². The van der Waals surface area contributed by atoms with Gasteiger partial charge in [0.2, 0.25) is 11.7 Å². The largest absolute Gasteiger partial charge is 0.710 e. The number of carbonyl (C=O) groups excluding carboxylic acids is 1. The zero-order valence-corrected chi connectivity index (χ0v) is 16.7. The number of halogens is 4. The van der Waals surface area contributed by atoms with Crippen molar-refractivity contribution in [2.24, 2.45) is 0 Å². The van der Waals surface area contributed by atoms with E-state index in [-0.39, 0.29) is 4.73 Å². The lowest BCUT2D eigenvalue weighted by atomic mass is 10.1. The number of rotatable bonds is 8. The second kappa shape index (κ2) is 9.90. The summed E-state index contributed by atoms with van der Waals surface area (Å²) in [6, 6.07) is 8.00. The summed E-state index contributed by atoms with van der Waals surface area (Å²) in [7, 11) is 0. The van der Waals surface area contributed by atoms with Crippen LogP contribution in [0.5, 0.6) is 0 Å². The third kappa shape index (κ3) is 5.51. The molecule has 0 saturated carbocycles. The molecule has 0 fully saturated rings. The van der Waals surface area contributed by atoms with Crippen molar-refractivity contribution in [2.45, 2.75) is 18.8 Å². The molecule has 0 bridgehead atoms. The Labute approximate surface area is 187 Å². The van der Waals surface area contributed by atoms with Crippen LogP contribution in [0.25, 0.3) is 0 Å². The van der Waals surface area contributed by atoms with Gasteiger partial charge < -0.3 is 10.5 Å². The molecule has 0 radical (unpaired) electrons. The summed E-state index contributed by atoms with van der Waals surface area (Å²) >= 11 is 0. The maximum Gasteiger partial charge on any atom is 0.325 e. The predicted octanol–water partition coefficient (Wildman–Crippen LogP) is 2.32. The quantitative estimate of drug-likeness (QED) is 0.301. The normalized spacial score (nSPS) is 12.3. The molecule has 0 atom stereocenters. The zero-order chi connectivity index (χ0) is 25.8. The van der Waals surface area contributed by atoms with Crippen molar-refractivity contribution in [3.05, 3.63) is 88.3 Å². The van der Waals surface area contributed by atoms with Crippen molar-refractivity contribution in [2.75, 3.05) is 11.9 Å². The molecule has 0 aliphatic rings. The van der Waals surface area contributed by atoms with Crippen LogP contribution in [-0.4, -0.2) is 22.4 Å². The van der Waals surface area contributed by atoms with Crippen molar-refractivity contribution in [1.82, 2.24) is 15.3 Å². The molecule has 0 aromatic carbocycles. The van der Waals surface area contributed by atoms with Gasteiger partial charge in [-0.2, -0.15) is 18.4 Å². The molecular formula is C21H16F4N6O2. The molecule has 3 heterocycles. The lowest BCUT2D eigenvalue weighted by Gasteiger charge is -2.18. The molecule has 3 aromatic heterocycles. The number of anilines is 1. The first-order chi connectivity index (χ1) is 16.5. The van der Waals surface area contributed by atoms with Crippen LogP contribution in [0, 0.1) is 28.2 Å². The second-order valence-electron chi connectivity index (χ2n) is 6.56. The fraction of sp³-hybridized carbons (Fsp3) is 0.190. The summed E-state index contributed by atoms with van der Waals surface area (Å²) in [5, 5.41) is 25.8. The Morgan fingerprint density at radius 2 is 1.97 bits per heavy atom. The highest BCUT2D eigenvalue weighted by Gasteiger charge is 2.36. The Morgan fingerprint density at radius 3 is 2.64 bits per heavy atom. The first-order valence-corrected chi connectivity index (χ1v) is 9.26. The Morgan fingerprint density at radius 1 is 1.21 bits per heavy atom. The summed E-state index contributed by atoms with van der Waals surface area (Å²) in [5.74, 6) is -8.15. The van der Waals surface area contributed by atoms with Gasteiger partial charge in [-0.15, -0.1) is 0 Å². The number of amides is 1. The molecule has 0 spiro atoms. The minimum absolute atomic E-state index is 0.237. The molecule has 170 valence electrons. The smallest absolute Gasteiger partial charge is 0.325 e. The van der Waals surface area contributed by atoms with Gasteiger partial charge in [0, 0.05) is 18.5 Å². The average Bonchev–Trinajstić information content (AvgIpc) is 2.81. The molecule has 1 amide bonds. The van der Waals surface area contributed by atoms with Crippen LogP contribution in [0.4, 0.5) is 23.4 Å². The Kier molecular flexibility index (Phi) is 6.19. The number of hydrogen-bond donors (Lipinski definition) is 2. The molecular weight excluding hydrogens is 444 g/mol. The van der Waals surface area contributed by atoms with E-state index >= 15 is 0 Å². The second-order valence-corrected chi connectivity index (χ2v) is 6.56. The van der Waals surface area contributed by atoms with Gasteiger partial charge in [0.05, 0.1) is 26.9 Å². The van der Waals surface area contributed by atoms with Crippen LogP contribution in [-0.2, 0) is 23.6 Å². The number of pyridine rings is 3. The van der Waals surface area contributed by atoms with Crippen molar-refractivity contribution in [1.29, 1.82) is 5.26 Å². The highest BCUT2D eigenvalue weighted by molar-refractivity contribution is 5.78. The molecule has 0 aliphatic carbocycles. The van der Waals surface area contributed by atoms with Crippen LogP contribution < -0.4 is 15.4 Å². The summed E-state index contributed by atoms with van der Waals surface area (Å²) in [6.45, 7) is -4.03. The van der Waals surface area contributed by atoms with Gasteiger partial charge in [-0.25, -0.2) is 9.12 Å². The van der Waals surface area contributed by atoms with E-state index in [4.69, 9.17) is 2.74 Å². The van der Waals surface area contributed by atoms with Gasteiger partial charge in [0.25, 0.3) is 0 Å². The molecule has 8 nitrogen and oxygen atoms in total. The summed E-state index contributed by atoms with van der Waals surface area (Å²) in [6.07, 6.45) is 1.28. The van der Waals surface area contributed by atoms with E-state index in [9.17, 15) is 32.8 Å². The average molecular weight is 462 g/mol. The van der Waals surface area contributed by atoms with E-state index in [1.54, 1.807) is 0 Å². The van der Waals surface area contributed by atoms with Crippen LogP contribution in [0.3, 0.4) is 0 Å². The number of aromatic nitrogens is 3. The standard InChI is InChI=1S/C21H16F4N6O2/c22-14-4-3-7-27-16(14)11-29-19(32)9-17-13(10-26)8-15(23)20(31(17)33)30-12-21(24,25)18-5-1-2-6-28-18/h1-8,30H,9,11-12H2,(H,29,32)/i11D2. The fourth-order valence-electron chi connectivity index (χ4n) is 2.71. The van der Waals surface area contributed by atoms with Crippen molar-refractivity contribution in [3.63, 3.8) is 0 Å². The molecule has 0 unspecified atom stereocenters. The summed E-state index contributed by atoms with van der Waals surface area (Å²) in [4.78, 5) is 19.5. The van der Waals surface area contributed by atoms with Crippen LogP contribution in [0.1, 0.15) is 25.4 Å². The van der Waals surface area contributed by atoms with Crippen molar-refractivity contribution in [3.8, 4) is 6.07 Å². The minimum Gasteiger partial charge on any atom is -0.710 e. The van der Waals surface area contributed by atoms with E-state index < -0.39 is 71.4 Å². The highest BCUT2D eigenvalue weighted by atomic mass is 19.3. The maximum absolute atomic E-state index is 14.4. The van der Waals surface area contributed by atoms with Crippen molar-refractivity contribution < 1.29 is 29.8 Å². The Bertz CT molecular complexity index is 1290. The number of alkyl halides is 2. The van der Waals surface area contributed by atoms with E-state index in [1.165, 1.54) is 24.3 Å². The summed E-state index contributed by atoms with van der Waals surface area (Å²) in [5.41, 5.74) is -2.60. The van der Waals surface area contributed by atoms with E-state index in [1.807, 2.05) is 10.6 Å². The fourth-order valence-corrected chi connectivity index (χ4v) is 2.71.